The molecule has 0 fully saturated rings. The molecule has 0 aliphatic rings. The normalized spacial score (nSPS) is 10.3. The SMILES string of the molecule is O=[N+]([O-])c1ccc(CNc2cc(F)ccc2Cl)c(Br)c1. The van der Waals surface area contributed by atoms with Crippen LogP contribution in [0.5, 0.6) is 0 Å². The Kier molecular flexibility index (Phi) is 4.57. The number of anilines is 1. The Morgan fingerprint density at radius 2 is 2.05 bits per heavy atom. The van der Waals surface area contributed by atoms with E-state index in [1.165, 1.54) is 30.3 Å². The van der Waals surface area contributed by atoms with E-state index in [0.29, 0.717) is 21.7 Å². The Bertz CT molecular complexity index is 667. The minimum Gasteiger partial charge on any atom is -0.380 e. The molecule has 0 aromatic heterocycles. The van der Waals surface area contributed by atoms with Crippen molar-refractivity contribution in [2.75, 3.05) is 5.32 Å². The fourth-order valence-electron chi connectivity index (χ4n) is 1.62. The Morgan fingerprint density at radius 3 is 2.70 bits per heavy atom. The Hall–Kier alpha value is -1.66. The molecule has 0 radical (unpaired) electrons. The van der Waals surface area contributed by atoms with Crippen molar-refractivity contribution in [2.24, 2.45) is 0 Å². The van der Waals surface area contributed by atoms with Crippen LogP contribution in [0.2, 0.25) is 5.02 Å². The number of hydrogen-bond acceptors (Lipinski definition) is 3. The first-order chi connectivity index (χ1) is 9.47. The Morgan fingerprint density at radius 1 is 1.30 bits per heavy atom. The van der Waals surface area contributed by atoms with E-state index >= 15 is 0 Å². The van der Waals surface area contributed by atoms with Crippen molar-refractivity contribution < 1.29 is 9.31 Å². The molecule has 0 heterocycles. The fourth-order valence-corrected chi connectivity index (χ4v) is 2.31. The summed E-state index contributed by atoms with van der Waals surface area (Å²) in [6, 6.07) is 8.49. The molecule has 0 spiro atoms. The first kappa shape index (κ1) is 14.7. The Balaban J connectivity index is 2.15. The van der Waals surface area contributed by atoms with Crippen LogP contribution in [0.4, 0.5) is 15.8 Å². The highest BCUT2D eigenvalue weighted by Crippen LogP contribution is 2.26. The molecule has 4 nitrogen and oxygen atoms in total. The van der Waals surface area contributed by atoms with Gasteiger partial charge in [0.2, 0.25) is 0 Å². The summed E-state index contributed by atoms with van der Waals surface area (Å²) in [7, 11) is 0. The van der Waals surface area contributed by atoms with E-state index in [-0.39, 0.29) is 11.5 Å². The van der Waals surface area contributed by atoms with Gasteiger partial charge in [0.15, 0.2) is 0 Å². The summed E-state index contributed by atoms with van der Waals surface area (Å²) in [5, 5.41) is 14.0. The molecule has 20 heavy (non-hydrogen) atoms. The third-order valence-corrected chi connectivity index (χ3v) is 3.71. The number of rotatable bonds is 4. The molecule has 0 bridgehead atoms. The van der Waals surface area contributed by atoms with E-state index in [1.807, 2.05) is 0 Å². The van der Waals surface area contributed by atoms with Crippen molar-refractivity contribution in [3.8, 4) is 0 Å². The predicted molar refractivity (Wildman–Crippen MR) is 79.5 cm³/mol. The van der Waals surface area contributed by atoms with Crippen LogP contribution in [0.3, 0.4) is 0 Å². The maximum Gasteiger partial charge on any atom is 0.270 e. The van der Waals surface area contributed by atoms with Gasteiger partial charge in [-0.3, -0.25) is 10.1 Å². The van der Waals surface area contributed by atoms with Gasteiger partial charge < -0.3 is 5.32 Å². The van der Waals surface area contributed by atoms with Crippen molar-refractivity contribution in [3.05, 3.63) is 67.4 Å². The highest BCUT2D eigenvalue weighted by atomic mass is 79.9. The molecule has 2 rings (SSSR count). The number of nitrogens with one attached hydrogen (secondary N) is 1. The standard InChI is InChI=1S/C13H9BrClFN2O2/c14-11-6-10(18(19)20)3-1-8(11)7-17-13-5-9(16)2-4-12(13)15/h1-6,17H,7H2. The average Bonchev–Trinajstić information content (AvgIpc) is 2.40. The number of nitrogens with zero attached hydrogens (tertiary/aromatic N) is 1. The van der Waals surface area contributed by atoms with Gasteiger partial charge in [-0.15, -0.1) is 0 Å². The molecule has 0 atom stereocenters. The molecule has 0 aliphatic heterocycles. The van der Waals surface area contributed by atoms with E-state index in [4.69, 9.17) is 11.6 Å². The second kappa shape index (κ2) is 6.19. The highest BCUT2D eigenvalue weighted by molar-refractivity contribution is 9.10. The largest absolute Gasteiger partial charge is 0.380 e. The topological polar surface area (TPSA) is 55.2 Å². The lowest BCUT2D eigenvalue weighted by molar-refractivity contribution is -0.384. The van der Waals surface area contributed by atoms with Crippen molar-refractivity contribution in [1.29, 1.82) is 0 Å². The molecular formula is C13H9BrClFN2O2. The van der Waals surface area contributed by atoms with Crippen LogP contribution in [0, 0.1) is 15.9 Å². The zero-order chi connectivity index (χ0) is 14.7. The van der Waals surface area contributed by atoms with Crippen LogP contribution in [0.25, 0.3) is 0 Å². The number of nitro benzene ring substituents is 1. The number of nitro groups is 1. The van der Waals surface area contributed by atoms with E-state index in [2.05, 4.69) is 21.2 Å². The van der Waals surface area contributed by atoms with Gasteiger partial charge in [0, 0.05) is 23.2 Å². The number of hydrogen-bond donors (Lipinski definition) is 1. The van der Waals surface area contributed by atoms with E-state index in [0.717, 1.165) is 5.56 Å². The predicted octanol–water partition coefficient (Wildman–Crippen LogP) is 4.76. The molecule has 104 valence electrons. The van der Waals surface area contributed by atoms with E-state index in [9.17, 15) is 14.5 Å². The van der Waals surface area contributed by atoms with Crippen LogP contribution in [0.15, 0.2) is 40.9 Å². The van der Waals surface area contributed by atoms with Crippen LogP contribution in [-0.2, 0) is 6.54 Å². The summed E-state index contributed by atoms with van der Waals surface area (Å²) in [5.41, 5.74) is 1.28. The van der Waals surface area contributed by atoms with Gasteiger partial charge in [-0.05, 0) is 29.8 Å². The lowest BCUT2D eigenvalue weighted by Crippen LogP contribution is -2.01. The van der Waals surface area contributed by atoms with Crippen LogP contribution in [0.1, 0.15) is 5.56 Å². The van der Waals surface area contributed by atoms with Gasteiger partial charge >= 0.3 is 0 Å². The quantitative estimate of drug-likeness (QED) is 0.632. The van der Waals surface area contributed by atoms with Gasteiger partial charge in [-0.1, -0.05) is 27.5 Å². The van der Waals surface area contributed by atoms with Crippen LogP contribution in [-0.4, -0.2) is 4.92 Å². The number of halogens is 3. The molecule has 0 aliphatic carbocycles. The maximum absolute atomic E-state index is 13.1. The molecule has 0 saturated heterocycles. The second-order valence-corrected chi connectivity index (χ2v) is 5.27. The molecule has 0 saturated carbocycles. The van der Waals surface area contributed by atoms with Gasteiger partial charge in [0.25, 0.3) is 5.69 Å². The zero-order valence-electron chi connectivity index (χ0n) is 10.1. The summed E-state index contributed by atoms with van der Waals surface area (Å²) in [4.78, 5) is 10.2. The molecule has 2 aromatic rings. The minimum atomic E-state index is -0.467. The second-order valence-electron chi connectivity index (χ2n) is 4.01. The summed E-state index contributed by atoms with van der Waals surface area (Å²) in [6.07, 6.45) is 0. The van der Waals surface area contributed by atoms with Crippen molar-refractivity contribution in [3.63, 3.8) is 0 Å². The van der Waals surface area contributed by atoms with Crippen molar-refractivity contribution in [1.82, 2.24) is 0 Å². The van der Waals surface area contributed by atoms with Crippen molar-refractivity contribution >= 4 is 38.9 Å². The van der Waals surface area contributed by atoms with Crippen LogP contribution >= 0.6 is 27.5 Å². The first-order valence-electron chi connectivity index (χ1n) is 5.59. The third kappa shape index (κ3) is 3.46. The van der Waals surface area contributed by atoms with Gasteiger partial charge in [-0.25, -0.2) is 4.39 Å². The average molecular weight is 360 g/mol. The van der Waals surface area contributed by atoms with Crippen molar-refractivity contribution in [2.45, 2.75) is 6.54 Å². The summed E-state index contributed by atoms with van der Waals surface area (Å²) in [5.74, 6) is -0.389. The lowest BCUT2D eigenvalue weighted by Gasteiger charge is -2.10. The monoisotopic (exact) mass is 358 g/mol. The minimum absolute atomic E-state index is 0.00409. The van der Waals surface area contributed by atoms with Gasteiger partial charge in [0.05, 0.1) is 15.6 Å². The summed E-state index contributed by atoms with van der Waals surface area (Å²) < 4.78 is 13.7. The maximum atomic E-state index is 13.1. The third-order valence-electron chi connectivity index (χ3n) is 2.65. The Labute approximate surface area is 127 Å². The number of non-ortho nitro benzene ring substituents is 1. The molecule has 0 amide bonds. The molecular weight excluding hydrogens is 351 g/mol. The molecule has 7 heteroatoms. The van der Waals surface area contributed by atoms with Gasteiger partial charge in [0.1, 0.15) is 5.82 Å². The number of benzene rings is 2. The first-order valence-corrected chi connectivity index (χ1v) is 6.76. The summed E-state index contributed by atoms with van der Waals surface area (Å²) >= 11 is 9.21. The summed E-state index contributed by atoms with van der Waals surface area (Å²) in [6.45, 7) is 0.363. The lowest BCUT2D eigenvalue weighted by atomic mass is 10.2. The molecule has 1 N–H and O–H groups in total. The van der Waals surface area contributed by atoms with Crippen LogP contribution < -0.4 is 5.32 Å². The van der Waals surface area contributed by atoms with E-state index < -0.39 is 4.92 Å². The highest BCUT2D eigenvalue weighted by Gasteiger charge is 2.09. The molecule has 0 unspecified atom stereocenters. The molecule has 2 aromatic carbocycles. The van der Waals surface area contributed by atoms with Gasteiger partial charge in [-0.2, -0.15) is 0 Å². The smallest absolute Gasteiger partial charge is 0.270 e. The fraction of sp³-hybridized carbons (Fsp3) is 0.0769. The zero-order valence-corrected chi connectivity index (χ0v) is 12.4. The van der Waals surface area contributed by atoms with E-state index in [1.54, 1.807) is 6.07 Å².